The van der Waals surface area contributed by atoms with Gasteiger partial charge in [0, 0.05) is 5.54 Å². The van der Waals surface area contributed by atoms with Crippen LogP contribution in [-0.2, 0) is 9.59 Å². The largest absolute Gasteiger partial charge is 0.333 e. The van der Waals surface area contributed by atoms with Crippen LogP contribution in [0, 0.1) is 5.82 Å². The van der Waals surface area contributed by atoms with Crippen LogP contribution in [0.4, 0.5) is 14.9 Å². The molecule has 7 nitrogen and oxygen atoms in total. The number of aliphatic imine (C=N–C) groups is 1. The van der Waals surface area contributed by atoms with Crippen LogP contribution in [0.5, 0.6) is 0 Å². The van der Waals surface area contributed by atoms with Crippen LogP contribution >= 0.6 is 11.8 Å². The summed E-state index contributed by atoms with van der Waals surface area (Å²) < 4.78 is 13.4. The summed E-state index contributed by atoms with van der Waals surface area (Å²) in [5.41, 5.74) is 0.895. The summed E-state index contributed by atoms with van der Waals surface area (Å²) in [6.07, 6.45) is 1.65. The van der Waals surface area contributed by atoms with Gasteiger partial charge in [-0.15, -0.1) is 0 Å². The van der Waals surface area contributed by atoms with Crippen molar-refractivity contribution in [2.75, 3.05) is 4.90 Å². The van der Waals surface area contributed by atoms with Crippen LogP contribution in [0.2, 0.25) is 0 Å². The zero-order valence-corrected chi connectivity index (χ0v) is 19.6. The standard InChI is InChI=1S/C24H25FN4O3S/c1-15(20(30)27-22(32)28-24(2,3)4)33-23-26-19(14-16-8-6-5-7-9-16)21(31)29(23)18-12-10-17(25)11-13-18/h5-15H,1-4H3,(H2,27,28,30,32)/b19-14-. The number of amidine groups is 1. The van der Waals surface area contributed by atoms with Gasteiger partial charge in [-0.3, -0.25) is 19.8 Å². The van der Waals surface area contributed by atoms with E-state index in [2.05, 4.69) is 15.6 Å². The Bertz CT molecular complexity index is 1110. The maximum atomic E-state index is 13.4. The number of hydrogen-bond acceptors (Lipinski definition) is 5. The number of amides is 4. The third kappa shape index (κ3) is 6.52. The Kier molecular flexibility index (Phi) is 7.33. The topological polar surface area (TPSA) is 90.9 Å². The number of anilines is 1. The Hall–Kier alpha value is -3.46. The fraction of sp³-hybridized carbons (Fsp3) is 0.250. The lowest BCUT2D eigenvalue weighted by Crippen LogP contribution is -2.50. The first-order valence-electron chi connectivity index (χ1n) is 10.3. The van der Waals surface area contributed by atoms with Gasteiger partial charge in [0.05, 0.1) is 10.9 Å². The van der Waals surface area contributed by atoms with E-state index in [-0.39, 0.29) is 10.9 Å². The molecule has 0 spiro atoms. The van der Waals surface area contributed by atoms with E-state index in [1.54, 1.807) is 33.8 Å². The molecule has 0 radical (unpaired) electrons. The lowest BCUT2D eigenvalue weighted by atomic mass is 10.1. The molecule has 1 aliphatic heterocycles. The third-order valence-electron chi connectivity index (χ3n) is 4.39. The molecule has 172 valence electrons. The number of carbonyl (C=O) groups is 3. The van der Waals surface area contributed by atoms with E-state index < -0.39 is 34.5 Å². The van der Waals surface area contributed by atoms with E-state index in [1.165, 1.54) is 29.2 Å². The second kappa shape index (κ2) is 9.99. The molecule has 0 fully saturated rings. The number of imide groups is 1. The maximum absolute atomic E-state index is 13.4. The van der Waals surface area contributed by atoms with Gasteiger partial charge in [0.1, 0.15) is 11.5 Å². The SMILES string of the molecule is CC(SC1=N/C(=C\c2ccccc2)C(=O)N1c1ccc(F)cc1)C(=O)NC(=O)NC(C)(C)C. The van der Waals surface area contributed by atoms with Crippen molar-refractivity contribution < 1.29 is 18.8 Å². The van der Waals surface area contributed by atoms with E-state index >= 15 is 0 Å². The van der Waals surface area contributed by atoms with E-state index in [1.807, 2.05) is 30.3 Å². The van der Waals surface area contributed by atoms with Crippen molar-refractivity contribution in [2.45, 2.75) is 38.5 Å². The first kappa shape index (κ1) is 24.2. The van der Waals surface area contributed by atoms with Crippen LogP contribution in [0.3, 0.4) is 0 Å². The van der Waals surface area contributed by atoms with Gasteiger partial charge < -0.3 is 5.32 Å². The lowest BCUT2D eigenvalue weighted by Gasteiger charge is -2.22. The summed E-state index contributed by atoms with van der Waals surface area (Å²) in [6, 6.07) is 14.1. The third-order valence-corrected chi connectivity index (χ3v) is 5.45. The molecule has 0 saturated heterocycles. The van der Waals surface area contributed by atoms with Gasteiger partial charge in [0.15, 0.2) is 5.17 Å². The zero-order chi connectivity index (χ0) is 24.2. The molecular formula is C24H25FN4O3S. The Morgan fingerprint density at radius 3 is 2.33 bits per heavy atom. The molecule has 1 unspecified atom stereocenters. The highest BCUT2D eigenvalue weighted by Crippen LogP contribution is 2.31. The fourth-order valence-corrected chi connectivity index (χ4v) is 3.82. The summed E-state index contributed by atoms with van der Waals surface area (Å²) in [6.45, 7) is 7.01. The van der Waals surface area contributed by atoms with Crippen molar-refractivity contribution in [2.24, 2.45) is 4.99 Å². The number of carbonyl (C=O) groups excluding carboxylic acids is 3. The summed E-state index contributed by atoms with van der Waals surface area (Å²) in [4.78, 5) is 43.5. The van der Waals surface area contributed by atoms with Gasteiger partial charge in [-0.05, 0) is 63.6 Å². The molecule has 1 aliphatic rings. The summed E-state index contributed by atoms with van der Waals surface area (Å²) in [7, 11) is 0. The average Bonchev–Trinajstić information content (AvgIpc) is 3.02. The minimum atomic E-state index is -0.735. The number of benzene rings is 2. The van der Waals surface area contributed by atoms with Crippen molar-refractivity contribution in [3.63, 3.8) is 0 Å². The number of halogens is 1. The second-order valence-electron chi connectivity index (χ2n) is 8.41. The molecular weight excluding hydrogens is 443 g/mol. The van der Waals surface area contributed by atoms with Crippen molar-refractivity contribution in [3.8, 4) is 0 Å². The summed E-state index contributed by atoms with van der Waals surface area (Å²) in [5.74, 6) is -1.36. The van der Waals surface area contributed by atoms with Gasteiger partial charge in [-0.25, -0.2) is 14.2 Å². The molecule has 1 heterocycles. The smallest absolute Gasteiger partial charge is 0.321 e. The van der Waals surface area contributed by atoms with Crippen LogP contribution in [0.15, 0.2) is 65.3 Å². The molecule has 2 aromatic rings. The molecule has 2 aromatic carbocycles. The Balaban J connectivity index is 1.85. The van der Waals surface area contributed by atoms with Crippen LogP contribution in [0.25, 0.3) is 6.08 Å². The van der Waals surface area contributed by atoms with Gasteiger partial charge in [-0.2, -0.15) is 0 Å². The number of hydrogen-bond donors (Lipinski definition) is 2. The van der Waals surface area contributed by atoms with E-state index in [0.29, 0.717) is 5.69 Å². The Morgan fingerprint density at radius 2 is 1.73 bits per heavy atom. The molecule has 33 heavy (non-hydrogen) atoms. The molecule has 0 bridgehead atoms. The van der Waals surface area contributed by atoms with Crippen LogP contribution < -0.4 is 15.5 Å². The maximum Gasteiger partial charge on any atom is 0.321 e. The first-order valence-corrected chi connectivity index (χ1v) is 11.2. The average molecular weight is 469 g/mol. The van der Waals surface area contributed by atoms with E-state index in [9.17, 15) is 18.8 Å². The molecule has 9 heteroatoms. The lowest BCUT2D eigenvalue weighted by molar-refractivity contribution is -0.119. The summed E-state index contributed by atoms with van der Waals surface area (Å²) >= 11 is 1.03. The van der Waals surface area contributed by atoms with Crippen LogP contribution in [0.1, 0.15) is 33.3 Å². The van der Waals surface area contributed by atoms with E-state index in [0.717, 1.165) is 17.3 Å². The Morgan fingerprint density at radius 1 is 1.09 bits per heavy atom. The van der Waals surface area contributed by atoms with Crippen molar-refractivity contribution in [1.82, 2.24) is 10.6 Å². The monoisotopic (exact) mass is 468 g/mol. The molecule has 0 saturated carbocycles. The first-order chi connectivity index (χ1) is 15.5. The molecule has 2 N–H and O–H groups in total. The van der Waals surface area contributed by atoms with E-state index in [4.69, 9.17) is 0 Å². The molecule has 0 aromatic heterocycles. The van der Waals surface area contributed by atoms with Crippen molar-refractivity contribution >= 4 is 46.5 Å². The normalized spacial score (nSPS) is 15.9. The second-order valence-corrected chi connectivity index (χ2v) is 9.71. The quantitative estimate of drug-likeness (QED) is 0.654. The number of rotatable bonds is 4. The molecule has 4 amide bonds. The summed E-state index contributed by atoms with van der Waals surface area (Å²) in [5, 5.41) is 4.48. The minimum absolute atomic E-state index is 0.186. The predicted molar refractivity (Wildman–Crippen MR) is 129 cm³/mol. The predicted octanol–water partition coefficient (Wildman–Crippen LogP) is 4.32. The minimum Gasteiger partial charge on any atom is -0.333 e. The molecule has 1 atom stereocenters. The highest BCUT2D eigenvalue weighted by Gasteiger charge is 2.34. The highest BCUT2D eigenvalue weighted by molar-refractivity contribution is 8.15. The number of nitrogens with zero attached hydrogens (tertiary/aromatic N) is 2. The number of thioether (sulfide) groups is 1. The van der Waals surface area contributed by atoms with Gasteiger partial charge in [0.2, 0.25) is 5.91 Å². The van der Waals surface area contributed by atoms with Crippen molar-refractivity contribution in [1.29, 1.82) is 0 Å². The van der Waals surface area contributed by atoms with Gasteiger partial charge in [0.25, 0.3) is 5.91 Å². The highest BCUT2D eigenvalue weighted by atomic mass is 32.2. The van der Waals surface area contributed by atoms with Crippen LogP contribution in [-0.4, -0.2) is 33.8 Å². The van der Waals surface area contributed by atoms with Crippen molar-refractivity contribution in [3.05, 3.63) is 71.7 Å². The molecule has 0 aliphatic carbocycles. The van der Waals surface area contributed by atoms with Gasteiger partial charge in [-0.1, -0.05) is 42.1 Å². The molecule has 3 rings (SSSR count). The zero-order valence-electron chi connectivity index (χ0n) is 18.8. The Labute approximate surface area is 196 Å². The number of urea groups is 1. The fourth-order valence-electron chi connectivity index (χ4n) is 2.90. The number of nitrogens with one attached hydrogen (secondary N) is 2. The van der Waals surface area contributed by atoms with Gasteiger partial charge >= 0.3 is 6.03 Å².